The van der Waals surface area contributed by atoms with E-state index in [2.05, 4.69) is 12.2 Å². The molecular formula is C20H39NO4. The van der Waals surface area contributed by atoms with E-state index in [4.69, 9.17) is 9.47 Å². The predicted octanol–water partition coefficient (Wildman–Crippen LogP) is 5.37. The van der Waals surface area contributed by atoms with Crippen LogP contribution in [0.3, 0.4) is 0 Å². The SMILES string of the molecule is CCCCCCCCCCCCNC(=O)CCC(C)OC(=O)OCC. The topological polar surface area (TPSA) is 64.6 Å². The lowest BCUT2D eigenvalue weighted by atomic mass is 10.1. The van der Waals surface area contributed by atoms with Crippen molar-refractivity contribution in [2.24, 2.45) is 0 Å². The van der Waals surface area contributed by atoms with E-state index in [1.807, 2.05) is 0 Å². The molecule has 1 N–H and O–H groups in total. The van der Waals surface area contributed by atoms with E-state index >= 15 is 0 Å². The fourth-order valence-electron chi connectivity index (χ4n) is 2.64. The first-order valence-corrected chi connectivity index (χ1v) is 10.2. The molecule has 1 amide bonds. The molecule has 0 aromatic heterocycles. The number of nitrogens with one attached hydrogen (secondary N) is 1. The number of hydrogen-bond acceptors (Lipinski definition) is 4. The van der Waals surface area contributed by atoms with Gasteiger partial charge in [-0.05, 0) is 26.7 Å². The maximum absolute atomic E-state index is 11.7. The molecule has 0 saturated heterocycles. The van der Waals surface area contributed by atoms with E-state index in [0.717, 1.165) is 13.0 Å². The average molecular weight is 358 g/mol. The number of ether oxygens (including phenoxy) is 2. The second-order valence-corrected chi connectivity index (χ2v) is 6.68. The number of carbonyl (C=O) groups excluding carboxylic acids is 2. The maximum atomic E-state index is 11.7. The molecule has 0 saturated carbocycles. The van der Waals surface area contributed by atoms with Crippen LogP contribution in [0.2, 0.25) is 0 Å². The van der Waals surface area contributed by atoms with Crippen LogP contribution >= 0.6 is 0 Å². The van der Waals surface area contributed by atoms with Gasteiger partial charge in [-0.15, -0.1) is 0 Å². The van der Waals surface area contributed by atoms with Crippen LogP contribution in [0.4, 0.5) is 4.79 Å². The van der Waals surface area contributed by atoms with Gasteiger partial charge >= 0.3 is 6.16 Å². The van der Waals surface area contributed by atoms with Gasteiger partial charge in [-0.1, -0.05) is 64.7 Å². The lowest BCUT2D eigenvalue weighted by Crippen LogP contribution is -2.26. The van der Waals surface area contributed by atoms with Crippen molar-refractivity contribution in [3.63, 3.8) is 0 Å². The van der Waals surface area contributed by atoms with Crippen LogP contribution in [0.15, 0.2) is 0 Å². The number of hydrogen-bond donors (Lipinski definition) is 1. The summed E-state index contributed by atoms with van der Waals surface area (Å²) in [5.41, 5.74) is 0. The van der Waals surface area contributed by atoms with Gasteiger partial charge in [0.15, 0.2) is 0 Å². The highest BCUT2D eigenvalue weighted by Gasteiger charge is 2.11. The average Bonchev–Trinajstić information content (AvgIpc) is 2.58. The van der Waals surface area contributed by atoms with Crippen molar-refractivity contribution in [1.82, 2.24) is 5.32 Å². The zero-order chi connectivity index (χ0) is 18.8. The molecule has 0 aliphatic rings. The predicted molar refractivity (Wildman–Crippen MR) is 102 cm³/mol. The van der Waals surface area contributed by atoms with Crippen molar-refractivity contribution in [3.8, 4) is 0 Å². The molecule has 0 spiro atoms. The highest BCUT2D eigenvalue weighted by Crippen LogP contribution is 2.10. The maximum Gasteiger partial charge on any atom is 0.508 e. The van der Waals surface area contributed by atoms with Crippen molar-refractivity contribution in [2.45, 2.75) is 104 Å². The third-order valence-corrected chi connectivity index (χ3v) is 4.19. The smallest absolute Gasteiger partial charge is 0.435 e. The molecule has 25 heavy (non-hydrogen) atoms. The molecule has 1 unspecified atom stereocenters. The molecule has 0 radical (unpaired) electrons. The Morgan fingerprint density at radius 3 is 2.00 bits per heavy atom. The summed E-state index contributed by atoms with van der Waals surface area (Å²) in [5.74, 6) is 0.0234. The molecule has 0 aromatic rings. The lowest BCUT2D eigenvalue weighted by Gasteiger charge is -2.12. The molecule has 0 bridgehead atoms. The molecule has 0 fully saturated rings. The molecule has 0 rings (SSSR count). The van der Waals surface area contributed by atoms with Crippen LogP contribution in [0.25, 0.3) is 0 Å². The second-order valence-electron chi connectivity index (χ2n) is 6.68. The third-order valence-electron chi connectivity index (χ3n) is 4.19. The van der Waals surface area contributed by atoms with E-state index < -0.39 is 6.16 Å². The van der Waals surface area contributed by atoms with Crippen LogP contribution in [0.5, 0.6) is 0 Å². The number of carbonyl (C=O) groups is 2. The number of rotatable bonds is 16. The summed E-state index contributed by atoms with van der Waals surface area (Å²) in [6.07, 6.45) is 12.8. The van der Waals surface area contributed by atoms with E-state index in [0.29, 0.717) is 19.4 Å². The summed E-state index contributed by atoms with van der Waals surface area (Å²) in [7, 11) is 0. The van der Waals surface area contributed by atoms with Gasteiger partial charge < -0.3 is 14.8 Å². The van der Waals surface area contributed by atoms with E-state index in [1.54, 1.807) is 13.8 Å². The Hall–Kier alpha value is -1.26. The Kier molecular flexibility index (Phi) is 16.7. The monoisotopic (exact) mass is 357 g/mol. The van der Waals surface area contributed by atoms with Crippen molar-refractivity contribution < 1.29 is 19.1 Å². The minimum atomic E-state index is -0.666. The quantitative estimate of drug-likeness (QED) is 0.298. The molecule has 0 aliphatic carbocycles. The third kappa shape index (κ3) is 17.4. The van der Waals surface area contributed by atoms with Crippen LogP contribution in [0, 0.1) is 0 Å². The molecule has 5 heteroatoms. The molecular weight excluding hydrogens is 318 g/mol. The van der Waals surface area contributed by atoms with E-state index in [-0.39, 0.29) is 12.0 Å². The summed E-state index contributed by atoms with van der Waals surface area (Å²) in [6.45, 7) is 6.78. The Bertz CT molecular complexity index is 334. The first kappa shape index (κ1) is 23.7. The fraction of sp³-hybridized carbons (Fsp3) is 0.900. The van der Waals surface area contributed by atoms with E-state index in [1.165, 1.54) is 57.8 Å². The summed E-state index contributed by atoms with van der Waals surface area (Å²) in [4.78, 5) is 22.9. The van der Waals surface area contributed by atoms with Crippen molar-refractivity contribution in [1.29, 1.82) is 0 Å². The zero-order valence-corrected chi connectivity index (χ0v) is 16.6. The van der Waals surface area contributed by atoms with Crippen molar-refractivity contribution >= 4 is 12.1 Å². The Labute approximate surface area is 154 Å². The van der Waals surface area contributed by atoms with Gasteiger partial charge in [0, 0.05) is 13.0 Å². The summed E-state index contributed by atoms with van der Waals surface area (Å²) < 4.78 is 9.71. The van der Waals surface area contributed by atoms with Gasteiger partial charge in [0.2, 0.25) is 5.91 Å². The molecule has 148 valence electrons. The highest BCUT2D eigenvalue weighted by atomic mass is 16.7. The van der Waals surface area contributed by atoms with Gasteiger partial charge in [0.05, 0.1) is 6.61 Å². The second kappa shape index (κ2) is 17.6. The zero-order valence-electron chi connectivity index (χ0n) is 16.6. The largest absolute Gasteiger partial charge is 0.508 e. The molecule has 1 atom stereocenters. The number of unbranched alkanes of at least 4 members (excludes halogenated alkanes) is 9. The Morgan fingerprint density at radius 2 is 1.44 bits per heavy atom. The first-order chi connectivity index (χ1) is 12.1. The minimum Gasteiger partial charge on any atom is -0.435 e. The first-order valence-electron chi connectivity index (χ1n) is 10.2. The van der Waals surface area contributed by atoms with Crippen LogP contribution in [-0.4, -0.2) is 31.3 Å². The van der Waals surface area contributed by atoms with Crippen LogP contribution in [-0.2, 0) is 14.3 Å². The van der Waals surface area contributed by atoms with Gasteiger partial charge in [0.25, 0.3) is 0 Å². The van der Waals surface area contributed by atoms with Gasteiger partial charge in [0.1, 0.15) is 6.10 Å². The lowest BCUT2D eigenvalue weighted by molar-refractivity contribution is -0.121. The molecule has 0 aromatic carbocycles. The Morgan fingerprint density at radius 1 is 0.880 bits per heavy atom. The summed E-state index contributed by atoms with van der Waals surface area (Å²) in [6, 6.07) is 0. The minimum absolute atomic E-state index is 0.0234. The Balaban J connectivity index is 3.37. The van der Waals surface area contributed by atoms with Crippen LogP contribution in [0.1, 0.15) is 97.8 Å². The van der Waals surface area contributed by atoms with Gasteiger partial charge in [-0.3, -0.25) is 4.79 Å². The van der Waals surface area contributed by atoms with Gasteiger partial charge in [-0.25, -0.2) is 4.79 Å². The molecule has 0 aliphatic heterocycles. The standard InChI is InChI=1S/C20H39NO4/c1-4-6-7-8-9-10-11-12-13-14-17-21-19(22)16-15-18(3)25-20(23)24-5-2/h18H,4-17H2,1-3H3,(H,21,22). The number of amides is 1. The summed E-state index contributed by atoms with van der Waals surface area (Å²) >= 11 is 0. The van der Waals surface area contributed by atoms with Crippen molar-refractivity contribution in [2.75, 3.05) is 13.2 Å². The van der Waals surface area contributed by atoms with Crippen LogP contribution < -0.4 is 5.32 Å². The fourth-order valence-corrected chi connectivity index (χ4v) is 2.64. The highest BCUT2D eigenvalue weighted by molar-refractivity contribution is 5.75. The van der Waals surface area contributed by atoms with Crippen molar-refractivity contribution in [3.05, 3.63) is 0 Å². The molecule has 5 nitrogen and oxygen atoms in total. The van der Waals surface area contributed by atoms with E-state index in [9.17, 15) is 9.59 Å². The molecule has 0 heterocycles. The normalized spacial score (nSPS) is 11.8. The summed E-state index contributed by atoms with van der Waals surface area (Å²) in [5, 5.41) is 2.93. The van der Waals surface area contributed by atoms with Gasteiger partial charge in [-0.2, -0.15) is 0 Å².